The van der Waals surface area contributed by atoms with Crippen LogP contribution in [0.2, 0.25) is 0 Å². The van der Waals surface area contributed by atoms with Crippen molar-refractivity contribution in [1.82, 2.24) is 29.2 Å². The maximum Gasteiger partial charge on any atom is 0.320 e. The lowest BCUT2D eigenvalue weighted by Crippen LogP contribution is -2.46. The monoisotopic (exact) mass is 364 g/mol. The molecule has 5 heterocycles. The van der Waals surface area contributed by atoms with Crippen LogP contribution in [0.3, 0.4) is 0 Å². The Balaban J connectivity index is 1.42. The lowest BCUT2D eigenvalue weighted by Gasteiger charge is -2.34. The second kappa shape index (κ2) is 6.27. The van der Waals surface area contributed by atoms with Crippen molar-refractivity contribution < 1.29 is 4.79 Å². The molecule has 2 aliphatic heterocycles. The highest BCUT2D eigenvalue weighted by Crippen LogP contribution is 2.29. The van der Waals surface area contributed by atoms with Gasteiger partial charge in [0.15, 0.2) is 5.65 Å². The fourth-order valence-corrected chi connectivity index (χ4v) is 4.39. The fraction of sp³-hybridized carbons (Fsp3) is 0.474. The van der Waals surface area contributed by atoms with Crippen molar-refractivity contribution in [3.63, 3.8) is 0 Å². The summed E-state index contributed by atoms with van der Waals surface area (Å²) >= 11 is 0. The lowest BCUT2D eigenvalue weighted by atomic mass is 9.97. The van der Waals surface area contributed by atoms with Crippen LogP contribution < -0.4 is 0 Å². The molecule has 27 heavy (non-hydrogen) atoms. The van der Waals surface area contributed by atoms with Gasteiger partial charge < -0.3 is 14.8 Å². The molecule has 0 spiro atoms. The maximum absolute atomic E-state index is 12.9. The van der Waals surface area contributed by atoms with Gasteiger partial charge in [-0.05, 0) is 18.9 Å². The minimum atomic E-state index is 0.0696. The number of hydrogen-bond donors (Lipinski definition) is 1. The van der Waals surface area contributed by atoms with Gasteiger partial charge >= 0.3 is 6.03 Å². The summed E-state index contributed by atoms with van der Waals surface area (Å²) in [6.07, 6.45) is 8.45. The summed E-state index contributed by atoms with van der Waals surface area (Å²) in [6.45, 7) is 8.24. The topological polar surface area (TPSA) is 73.9 Å². The molecule has 0 bridgehead atoms. The summed E-state index contributed by atoms with van der Waals surface area (Å²) in [4.78, 5) is 32.9. The molecule has 2 saturated heterocycles. The van der Waals surface area contributed by atoms with Crippen molar-refractivity contribution in [3.8, 4) is 6.57 Å². The van der Waals surface area contributed by atoms with E-state index in [1.807, 2.05) is 34.5 Å². The average molecular weight is 364 g/mol. The van der Waals surface area contributed by atoms with E-state index in [1.54, 1.807) is 0 Å². The van der Waals surface area contributed by atoms with Gasteiger partial charge in [0.25, 0.3) is 12.6 Å². The number of fused-ring (bicyclic) bond motifs is 3. The van der Waals surface area contributed by atoms with Gasteiger partial charge in [0, 0.05) is 38.2 Å². The quantitative estimate of drug-likeness (QED) is 0.721. The van der Waals surface area contributed by atoms with Crippen LogP contribution in [0.15, 0.2) is 24.7 Å². The molecule has 2 amide bonds. The molecule has 8 heteroatoms. The zero-order chi connectivity index (χ0) is 18.4. The number of nitrogens with zero attached hydrogens (tertiary/aromatic N) is 6. The molecule has 5 rings (SSSR count). The second-order valence-corrected chi connectivity index (χ2v) is 7.45. The number of carbonyl (C=O) groups is 1. The van der Waals surface area contributed by atoms with E-state index in [4.69, 9.17) is 11.6 Å². The van der Waals surface area contributed by atoms with Gasteiger partial charge in [0.05, 0.1) is 23.4 Å². The third-order valence-corrected chi connectivity index (χ3v) is 5.79. The normalized spacial score (nSPS) is 23.2. The van der Waals surface area contributed by atoms with Crippen LogP contribution >= 0.6 is 0 Å². The first-order chi connectivity index (χ1) is 13.2. The van der Waals surface area contributed by atoms with Crippen LogP contribution in [-0.2, 0) is 0 Å². The van der Waals surface area contributed by atoms with E-state index in [0.717, 1.165) is 54.9 Å². The van der Waals surface area contributed by atoms with E-state index in [1.165, 1.54) is 0 Å². The molecular weight excluding hydrogens is 342 g/mol. The van der Waals surface area contributed by atoms with Crippen LogP contribution in [-0.4, -0.2) is 67.4 Å². The van der Waals surface area contributed by atoms with E-state index in [0.29, 0.717) is 13.1 Å². The SMILES string of the molecule is C#[N+][C@H]1CCN(C(=O)N2CCC[C@@H](c3ncc4cnc5[nH]ccc5n34)C2)C1. The highest BCUT2D eigenvalue weighted by Gasteiger charge is 2.36. The number of urea groups is 1. The molecule has 2 fully saturated rings. The average Bonchev–Trinajstić information content (AvgIpc) is 3.45. The van der Waals surface area contributed by atoms with Gasteiger partial charge in [-0.25, -0.2) is 14.8 Å². The number of amides is 2. The molecule has 0 unspecified atom stereocenters. The van der Waals surface area contributed by atoms with Crippen LogP contribution in [0.25, 0.3) is 21.5 Å². The predicted octanol–water partition coefficient (Wildman–Crippen LogP) is 2.55. The van der Waals surface area contributed by atoms with Crippen molar-refractivity contribution in [1.29, 1.82) is 0 Å². The van der Waals surface area contributed by atoms with Gasteiger partial charge in [-0.2, -0.15) is 0 Å². The number of rotatable bonds is 1. The number of hydrogen-bond acceptors (Lipinski definition) is 3. The van der Waals surface area contributed by atoms with E-state index < -0.39 is 0 Å². The number of piperidine rings is 1. The molecule has 8 nitrogen and oxygen atoms in total. The van der Waals surface area contributed by atoms with Crippen molar-refractivity contribution in [2.24, 2.45) is 0 Å². The molecule has 0 radical (unpaired) electrons. The summed E-state index contributed by atoms with van der Waals surface area (Å²) in [5.41, 5.74) is 2.85. The van der Waals surface area contributed by atoms with Gasteiger partial charge in [-0.3, -0.25) is 4.40 Å². The van der Waals surface area contributed by atoms with Gasteiger partial charge in [0.1, 0.15) is 12.4 Å². The van der Waals surface area contributed by atoms with Crippen LogP contribution in [0.5, 0.6) is 0 Å². The highest BCUT2D eigenvalue weighted by molar-refractivity contribution is 5.76. The summed E-state index contributed by atoms with van der Waals surface area (Å²) in [5, 5.41) is 0. The first-order valence-corrected chi connectivity index (χ1v) is 9.48. The molecule has 2 atom stereocenters. The largest absolute Gasteiger partial charge is 0.345 e. The van der Waals surface area contributed by atoms with Crippen LogP contribution in [0.4, 0.5) is 4.79 Å². The summed E-state index contributed by atoms with van der Waals surface area (Å²) in [5.74, 6) is 1.22. The van der Waals surface area contributed by atoms with Crippen molar-refractivity contribution in [2.45, 2.75) is 31.2 Å². The van der Waals surface area contributed by atoms with Crippen molar-refractivity contribution in [2.75, 3.05) is 26.2 Å². The number of H-pyrrole nitrogens is 1. The molecule has 3 aromatic heterocycles. The fourth-order valence-electron chi connectivity index (χ4n) is 4.39. The van der Waals surface area contributed by atoms with Gasteiger partial charge in [0.2, 0.25) is 0 Å². The Kier molecular flexibility index (Phi) is 3.74. The Bertz CT molecular complexity index is 1050. The predicted molar refractivity (Wildman–Crippen MR) is 102 cm³/mol. The molecular formula is C19H22N7O+. The Morgan fingerprint density at radius 3 is 2.89 bits per heavy atom. The van der Waals surface area contributed by atoms with Crippen molar-refractivity contribution >= 4 is 22.7 Å². The third kappa shape index (κ3) is 2.62. The van der Waals surface area contributed by atoms with Gasteiger partial charge in [-0.15, -0.1) is 0 Å². The van der Waals surface area contributed by atoms with Crippen LogP contribution in [0.1, 0.15) is 31.0 Å². The number of aromatic amines is 1. The molecule has 138 valence electrons. The van der Waals surface area contributed by atoms with Crippen LogP contribution in [0, 0.1) is 6.57 Å². The minimum absolute atomic E-state index is 0.0696. The Labute approximate surface area is 156 Å². The standard InChI is InChI=1S/C19H22N7O/c1-20-14-5-8-25(12-14)19(27)24-7-2-3-13(11-24)18-23-10-15-9-22-17-16(26(15)18)4-6-21-17/h1,4,6,9-10,13-14,21H,2-3,5,7-8,11-12H2/q+1/t13-,14+/m1/s1. The summed E-state index contributed by atoms with van der Waals surface area (Å²) in [6, 6.07) is 2.19. The van der Waals surface area contributed by atoms with Gasteiger partial charge in [-0.1, -0.05) is 4.85 Å². The lowest BCUT2D eigenvalue weighted by molar-refractivity contribution is 0.146. The number of aromatic nitrogens is 4. The maximum atomic E-state index is 12.9. The molecule has 0 saturated carbocycles. The van der Waals surface area contributed by atoms with E-state index in [2.05, 4.69) is 19.2 Å². The Morgan fingerprint density at radius 2 is 2.04 bits per heavy atom. The van der Waals surface area contributed by atoms with E-state index in [9.17, 15) is 4.79 Å². The highest BCUT2D eigenvalue weighted by atomic mass is 16.2. The Hall–Kier alpha value is -3.08. The number of likely N-dealkylation sites (tertiary alicyclic amines) is 2. The second-order valence-electron chi connectivity index (χ2n) is 7.45. The van der Waals surface area contributed by atoms with E-state index >= 15 is 0 Å². The first kappa shape index (κ1) is 16.1. The van der Waals surface area contributed by atoms with E-state index in [-0.39, 0.29) is 18.0 Å². The molecule has 2 aliphatic rings. The Morgan fingerprint density at radius 1 is 1.19 bits per heavy atom. The number of imidazole rings is 1. The number of nitrogens with one attached hydrogen (secondary N) is 1. The molecule has 0 aliphatic carbocycles. The summed E-state index contributed by atoms with van der Waals surface area (Å²) in [7, 11) is 0. The zero-order valence-corrected chi connectivity index (χ0v) is 15.1. The number of carbonyl (C=O) groups excluding carboxylic acids is 1. The first-order valence-electron chi connectivity index (χ1n) is 9.48. The zero-order valence-electron chi connectivity index (χ0n) is 15.1. The third-order valence-electron chi connectivity index (χ3n) is 5.79. The minimum Gasteiger partial charge on any atom is -0.345 e. The molecule has 0 aromatic carbocycles. The van der Waals surface area contributed by atoms with Crippen molar-refractivity contribution in [3.05, 3.63) is 35.3 Å². The molecule has 1 N–H and O–H groups in total. The smallest absolute Gasteiger partial charge is 0.320 e. The summed E-state index contributed by atoms with van der Waals surface area (Å²) < 4.78 is 2.16. The molecule has 3 aromatic rings.